The summed E-state index contributed by atoms with van der Waals surface area (Å²) in [6.07, 6.45) is 5.66. The van der Waals surface area contributed by atoms with Crippen molar-refractivity contribution in [3.05, 3.63) is 35.7 Å². The Kier molecular flexibility index (Phi) is 4.25. The first kappa shape index (κ1) is 19.2. The van der Waals surface area contributed by atoms with Crippen molar-refractivity contribution in [2.24, 2.45) is 0 Å². The van der Waals surface area contributed by atoms with Crippen LogP contribution in [0.1, 0.15) is 51.2 Å². The lowest BCUT2D eigenvalue weighted by atomic mass is 9.90. The Hall–Kier alpha value is -3.16. The number of ether oxygens (including phenoxy) is 1. The van der Waals surface area contributed by atoms with Crippen LogP contribution in [0.4, 0.5) is 10.5 Å². The maximum Gasteiger partial charge on any atom is 0.329 e. The van der Waals surface area contributed by atoms with Crippen LogP contribution in [0.5, 0.6) is 17.5 Å². The summed E-state index contributed by atoms with van der Waals surface area (Å²) in [7, 11) is 0. The van der Waals surface area contributed by atoms with Gasteiger partial charge in [0.05, 0.1) is 18.1 Å². The minimum Gasteiger partial charge on any atom is -0.507 e. The first-order chi connectivity index (χ1) is 13.7. The highest BCUT2D eigenvalue weighted by atomic mass is 16.5. The summed E-state index contributed by atoms with van der Waals surface area (Å²) >= 11 is 0. The monoisotopic (exact) mass is 396 g/mol. The number of hydrogen-bond acceptors (Lipinski definition) is 6. The summed E-state index contributed by atoms with van der Waals surface area (Å²) < 4.78 is 5.90. The lowest BCUT2D eigenvalue weighted by Crippen LogP contribution is -2.40. The number of carbonyl (C=O) groups excluding carboxylic acids is 2. The maximum absolute atomic E-state index is 12.4. The number of carbonyl (C=O) groups is 2. The van der Waals surface area contributed by atoms with E-state index in [-0.39, 0.29) is 28.8 Å². The molecule has 0 spiro atoms. The Morgan fingerprint density at radius 3 is 2.38 bits per heavy atom. The molecule has 8 heteroatoms. The number of aromatic hydroxyl groups is 1. The molecule has 152 valence electrons. The Morgan fingerprint density at radius 2 is 1.86 bits per heavy atom. The molecular weight excluding hydrogens is 372 g/mol. The molecule has 1 aromatic heterocycles. The third-order valence-corrected chi connectivity index (χ3v) is 5.84. The Morgan fingerprint density at radius 1 is 1.21 bits per heavy atom. The average Bonchev–Trinajstić information content (AvgIpc) is 3.43. The second-order valence-corrected chi connectivity index (χ2v) is 8.26. The number of hydrogen-bond donors (Lipinski definition) is 2. The Balaban J connectivity index is 1.62. The molecule has 2 heterocycles. The summed E-state index contributed by atoms with van der Waals surface area (Å²) in [5.41, 5.74) is 0.814. The van der Waals surface area contributed by atoms with Gasteiger partial charge < -0.3 is 15.2 Å². The average molecular weight is 396 g/mol. The molecule has 1 aliphatic heterocycles. The van der Waals surface area contributed by atoms with Crippen LogP contribution in [0.25, 0.3) is 0 Å². The van der Waals surface area contributed by atoms with Gasteiger partial charge in [-0.1, -0.05) is 13.0 Å². The van der Waals surface area contributed by atoms with E-state index in [0.29, 0.717) is 5.75 Å². The number of nitrogens with zero attached hydrogens (tertiary/aromatic N) is 3. The van der Waals surface area contributed by atoms with E-state index in [1.54, 1.807) is 19.9 Å². The summed E-state index contributed by atoms with van der Waals surface area (Å²) in [5.74, 6) is 0.403. The molecule has 2 fully saturated rings. The quantitative estimate of drug-likeness (QED) is 0.749. The van der Waals surface area contributed by atoms with Crippen molar-refractivity contribution in [1.29, 1.82) is 0 Å². The highest BCUT2D eigenvalue weighted by Crippen LogP contribution is 2.57. The van der Waals surface area contributed by atoms with Crippen LogP contribution >= 0.6 is 0 Å². The van der Waals surface area contributed by atoms with Crippen molar-refractivity contribution in [3.63, 3.8) is 0 Å². The molecule has 0 atom stereocenters. The lowest BCUT2D eigenvalue weighted by molar-refractivity contribution is -0.121. The number of phenols is 1. The summed E-state index contributed by atoms with van der Waals surface area (Å²) in [4.78, 5) is 33.9. The van der Waals surface area contributed by atoms with Gasteiger partial charge in [0.2, 0.25) is 0 Å². The van der Waals surface area contributed by atoms with Gasteiger partial charge in [0.15, 0.2) is 0 Å². The van der Waals surface area contributed by atoms with Crippen LogP contribution in [-0.4, -0.2) is 32.6 Å². The van der Waals surface area contributed by atoms with Crippen LogP contribution in [-0.2, 0) is 10.2 Å². The predicted molar refractivity (Wildman–Crippen MR) is 106 cm³/mol. The number of benzene rings is 1. The van der Waals surface area contributed by atoms with Crippen LogP contribution in [0.3, 0.4) is 0 Å². The number of aromatic nitrogens is 2. The van der Waals surface area contributed by atoms with E-state index in [0.717, 1.165) is 35.3 Å². The van der Waals surface area contributed by atoms with Crippen LogP contribution in [0.15, 0.2) is 24.5 Å². The fraction of sp³-hybridized carbons (Fsp3) is 0.429. The summed E-state index contributed by atoms with van der Waals surface area (Å²) in [6.45, 7) is 7.24. The van der Waals surface area contributed by atoms with Gasteiger partial charge in [-0.25, -0.2) is 19.7 Å². The molecule has 1 saturated heterocycles. The maximum atomic E-state index is 12.4. The third-order valence-electron chi connectivity index (χ3n) is 5.84. The van der Waals surface area contributed by atoms with Gasteiger partial charge in [-0.15, -0.1) is 0 Å². The predicted octanol–water partition coefficient (Wildman–Crippen LogP) is 3.56. The van der Waals surface area contributed by atoms with Crippen molar-refractivity contribution < 1.29 is 19.4 Å². The molecule has 29 heavy (non-hydrogen) atoms. The van der Waals surface area contributed by atoms with E-state index >= 15 is 0 Å². The van der Waals surface area contributed by atoms with Crippen LogP contribution in [0.2, 0.25) is 0 Å². The second-order valence-electron chi connectivity index (χ2n) is 8.26. The molecular formula is C21H24N4O4. The molecule has 2 aliphatic rings. The fourth-order valence-corrected chi connectivity index (χ4v) is 3.76. The van der Waals surface area contributed by atoms with Crippen molar-refractivity contribution >= 4 is 17.6 Å². The number of rotatable bonds is 5. The molecule has 1 aliphatic carbocycles. The van der Waals surface area contributed by atoms with Crippen LogP contribution in [0, 0.1) is 6.92 Å². The largest absolute Gasteiger partial charge is 0.507 e. The Labute approximate surface area is 168 Å². The zero-order valence-corrected chi connectivity index (χ0v) is 16.9. The van der Waals surface area contributed by atoms with Crippen molar-refractivity contribution in [2.45, 2.75) is 57.9 Å². The number of aryl methyl sites for hydroxylation is 1. The van der Waals surface area contributed by atoms with E-state index in [1.165, 1.54) is 12.4 Å². The molecule has 0 unspecified atom stereocenters. The first-order valence-corrected chi connectivity index (χ1v) is 9.68. The smallest absolute Gasteiger partial charge is 0.329 e. The molecule has 1 aromatic carbocycles. The zero-order chi connectivity index (χ0) is 21.0. The molecule has 2 aromatic rings. The second kappa shape index (κ2) is 6.43. The zero-order valence-electron chi connectivity index (χ0n) is 16.9. The van der Waals surface area contributed by atoms with Gasteiger partial charge in [-0.05, 0) is 51.7 Å². The molecule has 0 bridgehead atoms. The van der Waals surface area contributed by atoms with Crippen molar-refractivity contribution in [2.75, 3.05) is 4.90 Å². The Bertz CT molecular complexity index is 996. The fourth-order valence-electron chi connectivity index (χ4n) is 3.76. The number of anilines is 1. The number of nitrogens with one attached hydrogen (secondary N) is 1. The van der Waals surface area contributed by atoms with Crippen molar-refractivity contribution in [3.8, 4) is 17.5 Å². The first-order valence-electron chi connectivity index (χ1n) is 9.68. The third kappa shape index (κ3) is 3.08. The summed E-state index contributed by atoms with van der Waals surface area (Å²) in [6, 6.07) is 3.18. The van der Waals surface area contributed by atoms with Gasteiger partial charge in [-0.3, -0.25) is 4.79 Å². The highest BCUT2D eigenvalue weighted by molar-refractivity contribution is 6.22. The minimum absolute atomic E-state index is 0.0724. The van der Waals surface area contributed by atoms with E-state index in [2.05, 4.69) is 22.2 Å². The van der Waals surface area contributed by atoms with E-state index in [1.807, 2.05) is 13.0 Å². The standard InChI is InChI=1S/C21H24N4O4/c1-5-21(8-9-21)15-14(7-6-12(2)16(15)26)29-18-22-10-13(11-23-18)25-17(27)20(3,4)24-19(25)28/h6-7,10-11,26H,5,8-9H2,1-4H3,(H,24,28). The van der Waals surface area contributed by atoms with E-state index in [9.17, 15) is 14.7 Å². The number of phenolic OH excluding ortho intramolecular Hbond substituents is 1. The van der Waals surface area contributed by atoms with E-state index < -0.39 is 11.6 Å². The van der Waals surface area contributed by atoms with Gasteiger partial charge in [-0.2, -0.15) is 0 Å². The van der Waals surface area contributed by atoms with Crippen molar-refractivity contribution in [1.82, 2.24) is 15.3 Å². The van der Waals surface area contributed by atoms with Gasteiger partial charge in [0, 0.05) is 11.0 Å². The molecule has 2 N–H and O–H groups in total. The number of amides is 3. The summed E-state index contributed by atoms with van der Waals surface area (Å²) in [5, 5.41) is 13.3. The SMILES string of the molecule is CCC1(c2c(Oc3ncc(N4C(=O)NC(C)(C)C4=O)cn3)ccc(C)c2O)CC1. The highest BCUT2D eigenvalue weighted by Gasteiger charge is 2.47. The minimum atomic E-state index is -0.973. The van der Waals surface area contributed by atoms with Gasteiger partial charge in [0.25, 0.3) is 5.91 Å². The molecule has 3 amide bonds. The van der Waals surface area contributed by atoms with E-state index in [4.69, 9.17) is 4.74 Å². The van der Waals surface area contributed by atoms with Gasteiger partial charge >= 0.3 is 12.0 Å². The number of imide groups is 1. The molecule has 8 nitrogen and oxygen atoms in total. The normalized spacial score (nSPS) is 19.2. The van der Waals surface area contributed by atoms with Gasteiger partial charge in [0.1, 0.15) is 17.0 Å². The lowest BCUT2D eigenvalue weighted by Gasteiger charge is -2.20. The van der Waals surface area contributed by atoms with Crippen LogP contribution < -0.4 is 15.0 Å². The molecule has 4 rings (SSSR count). The molecule has 1 saturated carbocycles. The number of urea groups is 1. The topological polar surface area (TPSA) is 105 Å². The molecule has 0 radical (unpaired) electrons.